The van der Waals surface area contributed by atoms with Crippen LogP contribution in [0.1, 0.15) is 31.7 Å². The number of hydrogen-bond acceptors (Lipinski definition) is 5. The van der Waals surface area contributed by atoms with Crippen LogP contribution in [0.15, 0.2) is 29.3 Å². The fourth-order valence-electron chi connectivity index (χ4n) is 3.60. The fourth-order valence-corrected chi connectivity index (χ4v) is 3.60. The first-order valence-electron chi connectivity index (χ1n) is 11.1. The van der Waals surface area contributed by atoms with Crippen molar-refractivity contribution in [3.05, 3.63) is 29.8 Å². The zero-order chi connectivity index (χ0) is 21.0. The third-order valence-corrected chi connectivity index (χ3v) is 5.23. The first kappa shape index (κ1) is 25.8. The van der Waals surface area contributed by atoms with E-state index in [2.05, 4.69) is 32.8 Å². The number of rotatable bonds is 9. The van der Waals surface area contributed by atoms with Crippen LogP contribution >= 0.6 is 24.0 Å². The number of carbonyl (C=O) groups excluding carboxylic acids is 1. The highest BCUT2D eigenvalue weighted by Gasteiger charge is 2.23. The zero-order valence-electron chi connectivity index (χ0n) is 18.4. The largest absolute Gasteiger partial charge is 0.379 e. The number of halogens is 1. The molecule has 0 aliphatic carbocycles. The minimum atomic E-state index is -0.325. The summed E-state index contributed by atoms with van der Waals surface area (Å²) < 4.78 is 10.8. The van der Waals surface area contributed by atoms with Crippen LogP contribution in [-0.2, 0) is 20.8 Å². The molecule has 3 rings (SSSR count). The molecule has 2 aliphatic heterocycles. The van der Waals surface area contributed by atoms with Crippen LogP contribution in [0.4, 0.5) is 5.69 Å². The van der Waals surface area contributed by atoms with Crippen LogP contribution in [0.5, 0.6) is 0 Å². The number of nitrogens with one attached hydrogen (secondary N) is 3. The predicted molar refractivity (Wildman–Crippen MR) is 134 cm³/mol. The van der Waals surface area contributed by atoms with Crippen molar-refractivity contribution < 1.29 is 14.3 Å². The van der Waals surface area contributed by atoms with Crippen LogP contribution in [0.3, 0.4) is 0 Å². The molecule has 1 aromatic carbocycles. The van der Waals surface area contributed by atoms with E-state index in [1.54, 1.807) is 0 Å². The Morgan fingerprint density at radius 2 is 2.06 bits per heavy atom. The van der Waals surface area contributed by atoms with Gasteiger partial charge in [0.1, 0.15) is 6.10 Å². The van der Waals surface area contributed by atoms with Gasteiger partial charge in [-0.3, -0.25) is 9.69 Å². The second-order valence-electron chi connectivity index (χ2n) is 7.62. The molecule has 2 fully saturated rings. The van der Waals surface area contributed by atoms with Crippen molar-refractivity contribution in [3.63, 3.8) is 0 Å². The number of hydrogen-bond donors (Lipinski definition) is 3. The third kappa shape index (κ3) is 9.30. The van der Waals surface area contributed by atoms with E-state index < -0.39 is 0 Å². The summed E-state index contributed by atoms with van der Waals surface area (Å²) in [5.41, 5.74) is 1.83. The standard InChI is InChI=1S/C22H35N5O3.HI/c1-2-23-22(24-9-5-10-27-11-14-29-15-12-27)25-17-18-6-3-7-19(16-18)26-21(28)20-8-4-13-30-20;/h3,6-7,16,20H,2,4-5,8-15,17H2,1H3,(H,26,28)(H2,23,24,25);1H. The third-order valence-electron chi connectivity index (χ3n) is 5.23. The Morgan fingerprint density at radius 3 is 2.81 bits per heavy atom. The van der Waals surface area contributed by atoms with Gasteiger partial charge in [-0.25, -0.2) is 4.99 Å². The van der Waals surface area contributed by atoms with Gasteiger partial charge in [-0.05, 0) is 50.4 Å². The first-order valence-corrected chi connectivity index (χ1v) is 11.1. The molecule has 1 amide bonds. The summed E-state index contributed by atoms with van der Waals surface area (Å²) in [6.45, 7) is 9.75. The van der Waals surface area contributed by atoms with E-state index in [-0.39, 0.29) is 36.0 Å². The molecule has 0 saturated carbocycles. The second kappa shape index (κ2) is 14.6. The van der Waals surface area contributed by atoms with Crippen molar-refractivity contribution in [2.75, 3.05) is 57.9 Å². The molecule has 3 N–H and O–H groups in total. The van der Waals surface area contributed by atoms with E-state index >= 15 is 0 Å². The molecular formula is C22H36IN5O3. The van der Waals surface area contributed by atoms with E-state index in [1.807, 2.05) is 24.3 Å². The summed E-state index contributed by atoms with van der Waals surface area (Å²) >= 11 is 0. The number of aliphatic imine (C=N–C) groups is 1. The summed E-state index contributed by atoms with van der Waals surface area (Å²) in [4.78, 5) is 19.4. The van der Waals surface area contributed by atoms with Crippen molar-refractivity contribution in [2.24, 2.45) is 4.99 Å². The summed E-state index contributed by atoms with van der Waals surface area (Å²) in [7, 11) is 0. The molecule has 1 unspecified atom stereocenters. The smallest absolute Gasteiger partial charge is 0.253 e. The second-order valence-corrected chi connectivity index (χ2v) is 7.62. The Kier molecular flexibility index (Phi) is 12.2. The first-order chi connectivity index (χ1) is 14.7. The quantitative estimate of drug-likeness (QED) is 0.191. The SMILES string of the molecule is CCNC(=NCc1cccc(NC(=O)C2CCCO2)c1)NCCCN1CCOCC1.I. The molecule has 0 aromatic heterocycles. The monoisotopic (exact) mass is 545 g/mol. The number of anilines is 1. The van der Waals surface area contributed by atoms with Crippen molar-refractivity contribution in [2.45, 2.75) is 38.8 Å². The predicted octanol–water partition coefficient (Wildman–Crippen LogP) is 2.20. The van der Waals surface area contributed by atoms with Gasteiger partial charge in [-0.2, -0.15) is 0 Å². The van der Waals surface area contributed by atoms with Crippen molar-refractivity contribution in [3.8, 4) is 0 Å². The Labute approximate surface area is 202 Å². The highest BCUT2D eigenvalue weighted by molar-refractivity contribution is 14.0. The Hall–Kier alpha value is -1.43. The highest BCUT2D eigenvalue weighted by atomic mass is 127. The lowest BCUT2D eigenvalue weighted by atomic mass is 10.2. The molecule has 0 bridgehead atoms. The van der Waals surface area contributed by atoms with Crippen LogP contribution in [0.25, 0.3) is 0 Å². The van der Waals surface area contributed by atoms with Crippen LogP contribution in [-0.4, -0.2) is 75.4 Å². The van der Waals surface area contributed by atoms with Gasteiger partial charge in [0.2, 0.25) is 0 Å². The van der Waals surface area contributed by atoms with E-state index in [1.165, 1.54) is 0 Å². The van der Waals surface area contributed by atoms with Gasteiger partial charge in [0.25, 0.3) is 5.91 Å². The fraction of sp³-hybridized carbons (Fsp3) is 0.636. The van der Waals surface area contributed by atoms with E-state index in [9.17, 15) is 4.79 Å². The number of amides is 1. The molecular weight excluding hydrogens is 509 g/mol. The van der Waals surface area contributed by atoms with Crippen LogP contribution < -0.4 is 16.0 Å². The van der Waals surface area contributed by atoms with Gasteiger partial charge in [-0.15, -0.1) is 24.0 Å². The number of ether oxygens (including phenoxy) is 2. The van der Waals surface area contributed by atoms with Crippen LogP contribution in [0, 0.1) is 0 Å². The number of morpholine rings is 1. The average molecular weight is 545 g/mol. The number of nitrogens with zero attached hydrogens (tertiary/aromatic N) is 2. The molecule has 2 heterocycles. The van der Waals surface area contributed by atoms with Crippen molar-refractivity contribution in [1.82, 2.24) is 15.5 Å². The molecule has 31 heavy (non-hydrogen) atoms. The molecule has 8 nitrogen and oxygen atoms in total. The average Bonchev–Trinajstić information content (AvgIpc) is 3.31. The van der Waals surface area contributed by atoms with E-state index in [4.69, 9.17) is 9.47 Å². The Bertz CT molecular complexity index is 691. The lowest BCUT2D eigenvalue weighted by Gasteiger charge is -2.26. The molecule has 174 valence electrons. The summed E-state index contributed by atoms with van der Waals surface area (Å²) in [6.07, 6.45) is 2.47. The molecule has 2 aliphatic rings. The van der Waals surface area contributed by atoms with Gasteiger partial charge in [-0.1, -0.05) is 12.1 Å². The number of carbonyl (C=O) groups is 1. The van der Waals surface area contributed by atoms with Gasteiger partial charge < -0.3 is 25.4 Å². The summed E-state index contributed by atoms with van der Waals surface area (Å²) in [5, 5.41) is 9.66. The lowest BCUT2D eigenvalue weighted by Crippen LogP contribution is -2.40. The minimum Gasteiger partial charge on any atom is -0.379 e. The van der Waals surface area contributed by atoms with Crippen LogP contribution in [0.2, 0.25) is 0 Å². The van der Waals surface area contributed by atoms with E-state index in [0.717, 1.165) is 82.4 Å². The zero-order valence-corrected chi connectivity index (χ0v) is 20.7. The van der Waals surface area contributed by atoms with Gasteiger partial charge in [0.05, 0.1) is 19.8 Å². The van der Waals surface area contributed by atoms with Gasteiger partial charge in [0.15, 0.2) is 5.96 Å². The lowest BCUT2D eigenvalue weighted by molar-refractivity contribution is -0.124. The maximum absolute atomic E-state index is 12.2. The highest BCUT2D eigenvalue weighted by Crippen LogP contribution is 2.16. The normalized spacial score (nSPS) is 19.5. The van der Waals surface area contributed by atoms with Crippen molar-refractivity contribution >= 4 is 41.5 Å². The number of guanidine groups is 1. The Balaban J connectivity index is 0.00000341. The number of benzene rings is 1. The summed E-state index contributed by atoms with van der Waals surface area (Å²) in [6, 6.07) is 7.83. The maximum Gasteiger partial charge on any atom is 0.253 e. The molecule has 0 spiro atoms. The van der Waals surface area contributed by atoms with Gasteiger partial charge >= 0.3 is 0 Å². The molecule has 9 heteroatoms. The van der Waals surface area contributed by atoms with E-state index in [0.29, 0.717) is 13.2 Å². The minimum absolute atomic E-state index is 0. The molecule has 1 atom stereocenters. The van der Waals surface area contributed by atoms with Gasteiger partial charge in [0, 0.05) is 38.5 Å². The maximum atomic E-state index is 12.2. The Morgan fingerprint density at radius 1 is 1.23 bits per heavy atom. The topological polar surface area (TPSA) is 87.2 Å². The molecule has 0 radical (unpaired) electrons. The molecule has 1 aromatic rings. The van der Waals surface area contributed by atoms with Crippen molar-refractivity contribution in [1.29, 1.82) is 0 Å². The summed E-state index contributed by atoms with van der Waals surface area (Å²) in [5.74, 6) is 0.747. The molecule has 2 saturated heterocycles.